The second-order valence-corrected chi connectivity index (χ2v) is 16.9. The van der Waals surface area contributed by atoms with Crippen LogP contribution in [0.3, 0.4) is 0 Å². The smallest absolute Gasteiger partial charge is 0.136 e. The van der Waals surface area contributed by atoms with Gasteiger partial charge >= 0.3 is 0 Å². The summed E-state index contributed by atoms with van der Waals surface area (Å²) in [6, 6.07) is 69.3. The molecule has 9 aromatic carbocycles. The number of hydrogen-bond donors (Lipinski definition) is 0. The van der Waals surface area contributed by atoms with Crippen LogP contribution in [0.25, 0.3) is 87.7 Å². The van der Waals surface area contributed by atoms with Gasteiger partial charge in [-0.05, 0) is 123 Å². The maximum Gasteiger partial charge on any atom is 0.136 e. The molecule has 0 saturated carbocycles. The number of fused-ring (bicyclic) bond motifs is 13. The van der Waals surface area contributed by atoms with Crippen LogP contribution in [0.2, 0.25) is 0 Å². The normalized spacial score (nSPS) is 17.5. The van der Waals surface area contributed by atoms with Crippen molar-refractivity contribution in [2.24, 2.45) is 4.99 Å². The Morgan fingerprint density at radius 1 is 0.475 bits per heavy atom. The highest BCUT2D eigenvalue weighted by atomic mass is 16.3. The van der Waals surface area contributed by atoms with E-state index in [2.05, 4.69) is 193 Å². The summed E-state index contributed by atoms with van der Waals surface area (Å²) in [5.74, 6) is 0. The Morgan fingerprint density at radius 2 is 1.20 bits per heavy atom. The number of furan rings is 1. The van der Waals surface area contributed by atoms with E-state index < -0.39 is 0 Å². The van der Waals surface area contributed by atoms with E-state index >= 15 is 0 Å². The van der Waals surface area contributed by atoms with Gasteiger partial charge in [-0.1, -0.05) is 152 Å². The van der Waals surface area contributed by atoms with E-state index in [0.29, 0.717) is 0 Å². The molecule has 3 nitrogen and oxygen atoms in total. The number of rotatable bonds is 3. The second kappa shape index (κ2) is 13.5. The zero-order valence-corrected chi connectivity index (χ0v) is 33.6. The molecule has 0 aliphatic carbocycles. The van der Waals surface area contributed by atoms with Gasteiger partial charge in [-0.15, -0.1) is 0 Å². The first-order valence-corrected chi connectivity index (χ1v) is 21.6. The molecule has 1 unspecified atom stereocenters. The monoisotopic (exact) mass is 780 g/mol. The molecule has 11 aromatic rings. The van der Waals surface area contributed by atoms with E-state index in [-0.39, 0.29) is 6.04 Å². The van der Waals surface area contributed by atoms with Gasteiger partial charge in [0.05, 0.1) is 28.5 Å². The van der Waals surface area contributed by atoms with Gasteiger partial charge in [0, 0.05) is 27.1 Å². The molecule has 13 rings (SSSR count). The molecule has 0 fully saturated rings. The molecule has 1 atom stereocenters. The predicted octanol–water partition coefficient (Wildman–Crippen LogP) is 15.4. The molecule has 2 bridgehead atoms. The summed E-state index contributed by atoms with van der Waals surface area (Å²) in [5, 5.41) is 9.76. The Morgan fingerprint density at radius 3 is 2.07 bits per heavy atom. The van der Waals surface area contributed by atoms with Gasteiger partial charge < -0.3 is 8.98 Å². The largest absolute Gasteiger partial charge is 0.456 e. The standard InChI is InChI=1S/C58H40N2O/c1-2-12-37(13-3-1)38-25-27-40(28-26-38)52-22-11-21-45(44-20-10-17-39-14-6-7-18-43(39)44)50-30-36-24-29-46-48-32-41-15-4-5-16-42(41)33-54(48)60(53(46)31-36)55-34-49-47-19-8-9-23-56(47)61-57(49)35-51(55)58(50)59-52/h1-10,12-20,23-29,31-35,52H,11,21-22,30H2/b50-45+,59-58+. The zero-order chi connectivity index (χ0) is 40.0. The van der Waals surface area contributed by atoms with Crippen molar-refractivity contribution >= 4 is 76.6 Å². The number of nitrogens with zero attached hydrogens (tertiary/aromatic N) is 2. The van der Waals surface area contributed by atoms with Crippen LogP contribution >= 0.6 is 0 Å². The predicted molar refractivity (Wildman–Crippen MR) is 255 cm³/mol. The van der Waals surface area contributed by atoms with Gasteiger partial charge in [0.1, 0.15) is 11.2 Å². The highest BCUT2D eigenvalue weighted by Crippen LogP contribution is 2.45. The molecular weight excluding hydrogens is 741 g/mol. The summed E-state index contributed by atoms with van der Waals surface area (Å²) < 4.78 is 9.29. The number of para-hydroxylation sites is 1. The minimum Gasteiger partial charge on any atom is -0.456 e. The average molecular weight is 781 g/mol. The molecule has 0 radical (unpaired) electrons. The van der Waals surface area contributed by atoms with Gasteiger partial charge in [-0.3, -0.25) is 4.99 Å². The van der Waals surface area contributed by atoms with Gasteiger partial charge in [0.25, 0.3) is 0 Å². The molecule has 0 spiro atoms. The molecule has 3 heteroatoms. The molecule has 2 aliphatic rings. The first-order chi connectivity index (χ1) is 30.2. The first-order valence-electron chi connectivity index (χ1n) is 21.6. The first kappa shape index (κ1) is 34.4. The van der Waals surface area contributed by atoms with Crippen molar-refractivity contribution in [3.05, 3.63) is 216 Å². The third kappa shape index (κ3) is 5.47. The fourth-order valence-corrected chi connectivity index (χ4v) is 10.5. The van der Waals surface area contributed by atoms with E-state index in [9.17, 15) is 0 Å². The number of hydrogen-bond acceptors (Lipinski definition) is 2. The van der Waals surface area contributed by atoms with E-state index in [1.165, 1.54) is 82.3 Å². The number of aromatic nitrogens is 1. The third-order valence-corrected chi connectivity index (χ3v) is 13.4. The van der Waals surface area contributed by atoms with Crippen LogP contribution in [-0.2, 0) is 6.42 Å². The number of benzene rings is 9. The van der Waals surface area contributed by atoms with Crippen LogP contribution in [0.15, 0.2) is 203 Å². The highest BCUT2D eigenvalue weighted by molar-refractivity contribution is 6.23. The molecule has 2 aliphatic heterocycles. The topological polar surface area (TPSA) is 30.4 Å². The Bertz CT molecular complexity index is 3630. The summed E-state index contributed by atoms with van der Waals surface area (Å²) >= 11 is 0. The lowest BCUT2D eigenvalue weighted by Crippen LogP contribution is -2.17. The number of aliphatic imine (C=N–C) groups is 1. The quantitative estimate of drug-likeness (QED) is 0.176. The maximum absolute atomic E-state index is 6.76. The Balaban J connectivity index is 1.16. The third-order valence-electron chi connectivity index (χ3n) is 13.4. The number of allylic oxidation sites excluding steroid dienone is 2. The zero-order valence-electron chi connectivity index (χ0n) is 33.6. The summed E-state index contributed by atoms with van der Waals surface area (Å²) in [6.45, 7) is 0. The van der Waals surface area contributed by atoms with E-state index in [4.69, 9.17) is 9.41 Å². The van der Waals surface area contributed by atoms with E-state index in [0.717, 1.165) is 64.6 Å². The minimum atomic E-state index is -0.0302. The maximum atomic E-state index is 6.76. The van der Waals surface area contributed by atoms with Crippen LogP contribution in [-0.4, -0.2) is 10.3 Å². The summed E-state index contributed by atoms with van der Waals surface area (Å²) in [4.78, 5) is 6.06. The van der Waals surface area contributed by atoms with Gasteiger partial charge in [0.15, 0.2) is 0 Å². The summed E-state index contributed by atoms with van der Waals surface area (Å²) in [5.41, 5.74) is 16.4. The van der Waals surface area contributed by atoms with Crippen molar-refractivity contribution in [1.29, 1.82) is 0 Å². The fraction of sp³-hybridized carbons (Fsp3) is 0.0862. The van der Waals surface area contributed by atoms with Crippen LogP contribution in [0.1, 0.15) is 47.6 Å². The van der Waals surface area contributed by atoms with Crippen molar-refractivity contribution in [2.75, 3.05) is 0 Å². The Kier molecular flexibility index (Phi) is 7.62. The molecule has 4 heterocycles. The average Bonchev–Trinajstić information content (AvgIpc) is 3.83. The van der Waals surface area contributed by atoms with Crippen LogP contribution < -0.4 is 0 Å². The van der Waals surface area contributed by atoms with Crippen molar-refractivity contribution in [2.45, 2.75) is 31.7 Å². The molecule has 288 valence electrons. The molecule has 61 heavy (non-hydrogen) atoms. The Labute approximate surface area is 353 Å². The summed E-state index contributed by atoms with van der Waals surface area (Å²) in [7, 11) is 0. The summed E-state index contributed by atoms with van der Waals surface area (Å²) in [6.07, 6.45) is 3.67. The van der Waals surface area contributed by atoms with E-state index in [1.807, 2.05) is 0 Å². The molecule has 0 saturated heterocycles. The van der Waals surface area contributed by atoms with E-state index in [1.54, 1.807) is 0 Å². The highest BCUT2D eigenvalue weighted by Gasteiger charge is 2.29. The lowest BCUT2D eigenvalue weighted by atomic mass is 9.82. The molecule has 2 aromatic heterocycles. The Hall–Kier alpha value is -7.49. The fourth-order valence-electron chi connectivity index (χ4n) is 10.5. The SMILES string of the molecule is c1ccc(-c2ccc(C3CCC/C(c4cccc5ccccc45)=C4/Cc5ccc6c7cc8ccccc8cc7n(c6c5)-c5cc6c(cc5/C4=N/3)oc3ccccc36)cc2)cc1. The van der Waals surface area contributed by atoms with Crippen LogP contribution in [0.5, 0.6) is 0 Å². The van der Waals surface area contributed by atoms with Gasteiger partial charge in [-0.25, -0.2) is 0 Å². The van der Waals surface area contributed by atoms with Gasteiger partial charge in [0.2, 0.25) is 0 Å². The molecule has 0 N–H and O–H groups in total. The minimum absolute atomic E-state index is 0.0302. The van der Waals surface area contributed by atoms with Crippen molar-refractivity contribution in [3.63, 3.8) is 0 Å². The lowest BCUT2D eigenvalue weighted by Gasteiger charge is -2.26. The van der Waals surface area contributed by atoms with Crippen molar-refractivity contribution < 1.29 is 4.42 Å². The van der Waals surface area contributed by atoms with Crippen LogP contribution in [0.4, 0.5) is 0 Å². The molecular formula is C58H40N2O. The van der Waals surface area contributed by atoms with Crippen LogP contribution in [0, 0.1) is 0 Å². The lowest BCUT2D eigenvalue weighted by molar-refractivity contribution is 0.618. The molecule has 0 amide bonds. The van der Waals surface area contributed by atoms with Gasteiger partial charge in [-0.2, -0.15) is 0 Å². The van der Waals surface area contributed by atoms with Crippen molar-refractivity contribution in [1.82, 2.24) is 4.57 Å². The second-order valence-electron chi connectivity index (χ2n) is 16.9. The van der Waals surface area contributed by atoms with Crippen molar-refractivity contribution in [3.8, 4) is 16.8 Å².